The molecule has 2 aromatic rings. The fraction of sp³-hybridized carbons (Fsp3) is 0.333. The number of benzene rings is 1. The molecule has 1 fully saturated rings. The summed E-state index contributed by atoms with van der Waals surface area (Å²) in [6.45, 7) is 3.14. The van der Waals surface area contributed by atoms with Gasteiger partial charge in [-0.3, -0.25) is 19.4 Å². The normalized spacial score (nSPS) is 14.3. The number of hydrogen-bond donors (Lipinski definition) is 2. The first-order valence-corrected chi connectivity index (χ1v) is 9.48. The first kappa shape index (κ1) is 20.4. The van der Waals surface area contributed by atoms with E-state index in [1.54, 1.807) is 42.4 Å². The Bertz CT molecular complexity index is 896. The van der Waals surface area contributed by atoms with Gasteiger partial charge in [0.2, 0.25) is 0 Å². The molecule has 3 rings (SSSR count). The van der Waals surface area contributed by atoms with Gasteiger partial charge in [0.25, 0.3) is 5.91 Å². The monoisotopic (exact) mass is 398 g/mol. The number of nitrogens with zero attached hydrogens (tertiary/aromatic N) is 2. The van der Waals surface area contributed by atoms with Crippen LogP contribution in [0.15, 0.2) is 42.7 Å². The molecule has 8 heteroatoms. The minimum Gasteiger partial charge on any atom is -0.348 e. The number of carbonyl (C=O) groups is 3. The lowest BCUT2D eigenvalue weighted by molar-refractivity contribution is -0.136. The first-order valence-electron chi connectivity index (χ1n) is 9.48. The number of likely N-dealkylation sites (tertiary alicyclic amines) is 1. The van der Waals surface area contributed by atoms with Crippen LogP contribution in [0.2, 0.25) is 0 Å². The van der Waals surface area contributed by atoms with E-state index in [2.05, 4.69) is 15.6 Å². The molecule has 152 valence electrons. The number of rotatable bonds is 4. The summed E-state index contributed by atoms with van der Waals surface area (Å²) in [5, 5.41) is 5.00. The van der Waals surface area contributed by atoms with Crippen molar-refractivity contribution >= 4 is 23.4 Å². The van der Waals surface area contributed by atoms with E-state index < -0.39 is 17.6 Å². The van der Waals surface area contributed by atoms with Gasteiger partial charge in [0, 0.05) is 37.7 Å². The molecular formula is C21H23FN4O3. The zero-order chi connectivity index (χ0) is 20.8. The second kappa shape index (κ2) is 9.27. The number of nitrogens with one attached hydrogen (secondary N) is 2. The van der Waals surface area contributed by atoms with Gasteiger partial charge in [-0.05, 0) is 55.5 Å². The average molecular weight is 398 g/mol. The summed E-state index contributed by atoms with van der Waals surface area (Å²) in [5.74, 6) is -1.92. The van der Waals surface area contributed by atoms with Crippen LogP contribution in [-0.2, 0) is 9.59 Å². The van der Waals surface area contributed by atoms with Gasteiger partial charge in [-0.15, -0.1) is 0 Å². The summed E-state index contributed by atoms with van der Waals surface area (Å²) >= 11 is 0. The van der Waals surface area contributed by atoms with E-state index in [1.165, 1.54) is 12.1 Å². The maximum absolute atomic E-state index is 13.5. The minimum atomic E-state index is -0.836. The van der Waals surface area contributed by atoms with Crippen LogP contribution in [0, 0.1) is 18.7 Å². The molecule has 2 N–H and O–H groups in total. The zero-order valence-corrected chi connectivity index (χ0v) is 16.2. The predicted octanol–water partition coefficient (Wildman–Crippen LogP) is 2.14. The average Bonchev–Trinajstić information content (AvgIpc) is 2.75. The lowest BCUT2D eigenvalue weighted by Gasteiger charge is -2.32. The Morgan fingerprint density at radius 1 is 1.17 bits per heavy atom. The van der Waals surface area contributed by atoms with Gasteiger partial charge in [-0.1, -0.05) is 6.07 Å². The maximum atomic E-state index is 13.5. The highest BCUT2D eigenvalue weighted by atomic mass is 19.1. The first-order chi connectivity index (χ1) is 13.9. The molecule has 1 aliphatic rings. The third-order valence-electron chi connectivity index (χ3n) is 5.00. The van der Waals surface area contributed by atoms with E-state index in [1.807, 2.05) is 0 Å². The van der Waals surface area contributed by atoms with Crippen LogP contribution in [0.1, 0.15) is 28.8 Å². The van der Waals surface area contributed by atoms with E-state index in [0.717, 1.165) is 12.8 Å². The molecule has 0 spiro atoms. The topological polar surface area (TPSA) is 91.4 Å². The molecule has 7 nitrogen and oxygen atoms in total. The number of amides is 3. The second-order valence-corrected chi connectivity index (χ2v) is 7.11. The summed E-state index contributed by atoms with van der Waals surface area (Å²) in [6, 6.07) is 7.71. The lowest BCUT2D eigenvalue weighted by Crippen LogP contribution is -2.43. The van der Waals surface area contributed by atoms with Crippen LogP contribution in [0.4, 0.5) is 10.1 Å². The quantitative estimate of drug-likeness (QED) is 0.772. The third kappa shape index (κ3) is 5.37. The zero-order valence-electron chi connectivity index (χ0n) is 16.2. The van der Waals surface area contributed by atoms with Gasteiger partial charge in [-0.2, -0.15) is 0 Å². The number of hydrogen-bond acceptors (Lipinski definition) is 4. The lowest BCUT2D eigenvalue weighted by atomic mass is 9.96. The molecule has 2 heterocycles. The van der Waals surface area contributed by atoms with E-state index in [9.17, 15) is 18.8 Å². The fourth-order valence-corrected chi connectivity index (χ4v) is 3.19. The molecule has 0 saturated carbocycles. The molecule has 0 radical (unpaired) electrons. The summed E-state index contributed by atoms with van der Waals surface area (Å²) < 4.78 is 13.5. The summed E-state index contributed by atoms with van der Waals surface area (Å²) in [7, 11) is 0. The van der Waals surface area contributed by atoms with E-state index in [0.29, 0.717) is 30.8 Å². The number of anilines is 1. The van der Waals surface area contributed by atoms with E-state index >= 15 is 0 Å². The fourth-order valence-electron chi connectivity index (χ4n) is 3.19. The Balaban J connectivity index is 1.42. The molecule has 29 heavy (non-hydrogen) atoms. The number of aryl methyl sites for hydroxylation is 1. The number of aromatic nitrogens is 1. The number of halogens is 1. The second-order valence-electron chi connectivity index (χ2n) is 7.11. The molecule has 1 aromatic heterocycles. The minimum absolute atomic E-state index is 0.0507. The number of piperidine rings is 1. The Hall–Kier alpha value is -3.29. The van der Waals surface area contributed by atoms with E-state index in [-0.39, 0.29) is 17.5 Å². The van der Waals surface area contributed by atoms with E-state index in [4.69, 9.17) is 0 Å². The van der Waals surface area contributed by atoms with Crippen molar-refractivity contribution in [3.63, 3.8) is 0 Å². The van der Waals surface area contributed by atoms with Gasteiger partial charge >= 0.3 is 11.8 Å². The SMILES string of the molecule is Cc1ccc(NC(=O)C(=O)NCC2CCN(C(=O)c3cccnc3)CC2)cc1F. The summed E-state index contributed by atoms with van der Waals surface area (Å²) in [6.07, 6.45) is 4.64. The highest BCUT2D eigenvalue weighted by Gasteiger charge is 2.24. The molecule has 0 atom stereocenters. The van der Waals surface area contributed by atoms with Crippen molar-refractivity contribution in [2.45, 2.75) is 19.8 Å². The van der Waals surface area contributed by atoms with Crippen molar-refractivity contribution in [3.05, 3.63) is 59.7 Å². The number of pyridine rings is 1. The predicted molar refractivity (Wildman–Crippen MR) is 106 cm³/mol. The van der Waals surface area contributed by atoms with Gasteiger partial charge < -0.3 is 15.5 Å². The van der Waals surface area contributed by atoms with Crippen molar-refractivity contribution < 1.29 is 18.8 Å². The van der Waals surface area contributed by atoms with Crippen molar-refractivity contribution in [2.24, 2.45) is 5.92 Å². The van der Waals surface area contributed by atoms with Gasteiger partial charge in [-0.25, -0.2) is 4.39 Å². The molecule has 0 bridgehead atoms. The highest BCUT2D eigenvalue weighted by molar-refractivity contribution is 6.39. The Labute approximate surface area is 168 Å². The van der Waals surface area contributed by atoms with Crippen LogP contribution in [-0.4, -0.2) is 47.2 Å². The van der Waals surface area contributed by atoms with Crippen LogP contribution in [0.5, 0.6) is 0 Å². The Morgan fingerprint density at radius 2 is 1.93 bits per heavy atom. The molecule has 0 aliphatic carbocycles. The Kier molecular flexibility index (Phi) is 6.54. The maximum Gasteiger partial charge on any atom is 0.313 e. The van der Waals surface area contributed by atoms with Crippen LogP contribution < -0.4 is 10.6 Å². The van der Waals surface area contributed by atoms with Gasteiger partial charge in [0.1, 0.15) is 5.82 Å². The molecule has 0 unspecified atom stereocenters. The van der Waals surface area contributed by atoms with Gasteiger partial charge in [0.15, 0.2) is 0 Å². The molecule has 1 aliphatic heterocycles. The molecule has 1 saturated heterocycles. The van der Waals surface area contributed by atoms with Crippen molar-refractivity contribution in [1.82, 2.24) is 15.2 Å². The summed E-state index contributed by atoms with van der Waals surface area (Å²) in [5.41, 5.74) is 1.25. The summed E-state index contributed by atoms with van der Waals surface area (Å²) in [4.78, 5) is 42.1. The third-order valence-corrected chi connectivity index (χ3v) is 5.00. The Morgan fingerprint density at radius 3 is 2.59 bits per heavy atom. The highest BCUT2D eigenvalue weighted by Crippen LogP contribution is 2.18. The molecule has 1 aromatic carbocycles. The van der Waals surface area contributed by atoms with Gasteiger partial charge in [0.05, 0.1) is 5.56 Å². The van der Waals surface area contributed by atoms with Crippen LogP contribution in [0.3, 0.4) is 0 Å². The van der Waals surface area contributed by atoms with Crippen molar-refractivity contribution in [1.29, 1.82) is 0 Å². The standard InChI is InChI=1S/C21H23FN4O3/c1-14-4-5-17(11-18(14)22)25-20(28)19(27)24-12-15-6-9-26(10-7-15)21(29)16-3-2-8-23-13-16/h2-5,8,11,13,15H,6-7,9-10,12H2,1H3,(H,24,27)(H,25,28). The largest absolute Gasteiger partial charge is 0.348 e. The molecule has 3 amide bonds. The van der Waals surface area contributed by atoms with Crippen molar-refractivity contribution in [2.75, 3.05) is 25.0 Å². The van der Waals surface area contributed by atoms with Crippen molar-refractivity contribution in [3.8, 4) is 0 Å². The van der Waals surface area contributed by atoms with Crippen LogP contribution in [0.25, 0.3) is 0 Å². The smallest absolute Gasteiger partial charge is 0.313 e. The number of carbonyl (C=O) groups excluding carboxylic acids is 3. The van der Waals surface area contributed by atoms with Crippen LogP contribution >= 0.6 is 0 Å². The molecular weight excluding hydrogens is 375 g/mol.